The van der Waals surface area contributed by atoms with Gasteiger partial charge in [0, 0.05) is 22.2 Å². The molecule has 0 fully saturated rings. The molecule has 0 aliphatic heterocycles. The second-order valence-corrected chi connectivity index (χ2v) is 6.92. The minimum atomic E-state index is -0.629. The Bertz CT molecular complexity index is 728. The zero-order valence-electron chi connectivity index (χ0n) is 14.1. The molecule has 2 amide bonds. The molecule has 6 heteroatoms. The van der Waals surface area contributed by atoms with Gasteiger partial charge < -0.3 is 10.6 Å². The van der Waals surface area contributed by atoms with Crippen molar-refractivity contribution in [3.05, 3.63) is 69.7 Å². The van der Waals surface area contributed by atoms with Crippen LogP contribution in [0.15, 0.2) is 48.5 Å². The van der Waals surface area contributed by atoms with E-state index in [1.807, 2.05) is 26.0 Å². The van der Waals surface area contributed by atoms with E-state index in [0.717, 1.165) is 5.56 Å². The van der Waals surface area contributed by atoms with Gasteiger partial charge in [0.2, 0.25) is 5.91 Å². The van der Waals surface area contributed by atoms with Gasteiger partial charge in [0.1, 0.15) is 6.04 Å². The molecule has 25 heavy (non-hydrogen) atoms. The molecule has 2 N–H and O–H groups in total. The first-order chi connectivity index (χ1) is 11.9. The van der Waals surface area contributed by atoms with Gasteiger partial charge in [-0.3, -0.25) is 9.59 Å². The van der Waals surface area contributed by atoms with Crippen LogP contribution in [0.4, 0.5) is 0 Å². The summed E-state index contributed by atoms with van der Waals surface area (Å²) < 4.78 is 0. The Morgan fingerprint density at radius 3 is 1.96 bits per heavy atom. The SMILES string of the molecule is CC(C)C(NC(=O)c1ccc(Cl)cc1)C(=O)NCc1ccc(Cl)cc1. The zero-order chi connectivity index (χ0) is 18.4. The van der Waals surface area contributed by atoms with Crippen LogP contribution in [0.3, 0.4) is 0 Å². The number of halogens is 2. The van der Waals surface area contributed by atoms with E-state index in [4.69, 9.17) is 23.2 Å². The van der Waals surface area contributed by atoms with E-state index >= 15 is 0 Å². The van der Waals surface area contributed by atoms with Crippen molar-refractivity contribution in [2.24, 2.45) is 5.92 Å². The van der Waals surface area contributed by atoms with Crippen LogP contribution in [0.1, 0.15) is 29.8 Å². The van der Waals surface area contributed by atoms with E-state index in [-0.39, 0.29) is 17.7 Å². The van der Waals surface area contributed by atoms with Gasteiger partial charge in [-0.1, -0.05) is 49.2 Å². The highest BCUT2D eigenvalue weighted by Gasteiger charge is 2.24. The number of hydrogen-bond acceptors (Lipinski definition) is 2. The number of amides is 2. The standard InChI is InChI=1S/C19H20Cl2N2O2/c1-12(2)17(23-18(24)14-5-9-16(21)10-6-14)19(25)22-11-13-3-7-15(20)8-4-13/h3-10,12,17H,11H2,1-2H3,(H,22,25)(H,23,24). The Balaban J connectivity index is 1.98. The zero-order valence-corrected chi connectivity index (χ0v) is 15.6. The number of carbonyl (C=O) groups is 2. The molecule has 0 spiro atoms. The van der Waals surface area contributed by atoms with Crippen molar-refractivity contribution >= 4 is 35.0 Å². The highest BCUT2D eigenvalue weighted by Crippen LogP contribution is 2.12. The largest absolute Gasteiger partial charge is 0.350 e. The molecule has 0 aliphatic rings. The van der Waals surface area contributed by atoms with Crippen molar-refractivity contribution in [2.45, 2.75) is 26.4 Å². The molecule has 0 bridgehead atoms. The number of hydrogen-bond donors (Lipinski definition) is 2. The molecule has 2 rings (SSSR count). The molecule has 0 saturated heterocycles. The van der Waals surface area contributed by atoms with Gasteiger partial charge in [-0.15, -0.1) is 0 Å². The molecule has 4 nitrogen and oxygen atoms in total. The summed E-state index contributed by atoms with van der Waals surface area (Å²) in [6.45, 7) is 4.14. The first kappa shape index (κ1) is 19.3. The quantitative estimate of drug-likeness (QED) is 0.795. The molecule has 0 heterocycles. The van der Waals surface area contributed by atoms with Crippen molar-refractivity contribution in [1.29, 1.82) is 0 Å². The van der Waals surface area contributed by atoms with Crippen LogP contribution >= 0.6 is 23.2 Å². The Hall–Kier alpha value is -2.04. The van der Waals surface area contributed by atoms with Crippen molar-refractivity contribution < 1.29 is 9.59 Å². The lowest BCUT2D eigenvalue weighted by Crippen LogP contribution is -2.49. The van der Waals surface area contributed by atoms with E-state index in [0.29, 0.717) is 22.2 Å². The summed E-state index contributed by atoms with van der Waals surface area (Å²) in [5, 5.41) is 6.83. The van der Waals surface area contributed by atoms with Gasteiger partial charge in [-0.25, -0.2) is 0 Å². The van der Waals surface area contributed by atoms with Crippen LogP contribution in [0.25, 0.3) is 0 Å². The maximum atomic E-state index is 12.5. The summed E-state index contributed by atoms with van der Waals surface area (Å²) in [7, 11) is 0. The normalized spacial score (nSPS) is 11.9. The summed E-state index contributed by atoms with van der Waals surface area (Å²) >= 11 is 11.7. The Morgan fingerprint density at radius 1 is 0.920 bits per heavy atom. The lowest BCUT2D eigenvalue weighted by Gasteiger charge is -2.22. The topological polar surface area (TPSA) is 58.2 Å². The molecule has 1 unspecified atom stereocenters. The Labute approximate surface area is 157 Å². The number of benzene rings is 2. The van der Waals surface area contributed by atoms with Gasteiger partial charge in [-0.2, -0.15) is 0 Å². The van der Waals surface area contributed by atoms with Gasteiger partial charge in [0.25, 0.3) is 5.91 Å². The number of rotatable bonds is 6. The highest BCUT2D eigenvalue weighted by molar-refractivity contribution is 6.30. The van der Waals surface area contributed by atoms with E-state index in [1.165, 1.54) is 0 Å². The maximum Gasteiger partial charge on any atom is 0.251 e. The first-order valence-corrected chi connectivity index (χ1v) is 8.71. The van der Waals surface area contributed by atoms with Crippen molar-refractivity contribution in [3.8, 4) is 0 Å². The van der Waals surface area contributed by atoms with E-state index in [1.54, 1.807) is 36.4 Å². The van der Waals surface area contributed by atoms with Crippen molar-refractivity contribution in [3.63, 3.8) is 0 Å². The van der Waals surface area contributed by atoms with Crippen LogP contribution in [-0.4, -0.2) is 17.9 Å². The smallest absolute Gasteiger partial charge is 0.251 e. The third-order valence-electron chi connectivity index (χ3n) is 3.72. The number of carbonyl (C=O) groups excluding carboxylic acids is 2. The van der Waals surface area contributed by atoms with Crippen LogP contribution in [0, 0.1) is 5.92 Å². The summed E-state index contributed by atoms with van der Waals surface area (Å²) in [4.78, 5) is 24.8. The summed E-state index contributed by atoms with van der Waals surface area (Å²) in [5.74, 6) is -0.592. The second kappa shape index (κ2) is 8.88. The minimum absolute atomic E-state index is 0.0542. The van der Waals surface area contributed by atoms with Gasteiger partial charge in [0.05, 0.1) is 0 Å². The Kier molecular flexibility index (Phi) is 6.85. The molecule has 0 saturated carbocycles. The first-order valence-electron chi connectivity index (χ1n) is 7.95. The molecule has 0 aliphatic carbocycles. The van der Waals surface area contributed by atoms with Gasteiger partial charge >= 0.3 is 0 Å². The highest BCUT2D eigenvalue weighted by atomic mass is 35.5. The molecule has 0 aromatic heterocycles. The molecule has 2 aromatic carbocycles. The third kappa shape index (κ3) is 5.76. The Morgan fingerprint density at radius 2 is 1.44 bits per heavy atom. The van der Waals surface area contributed by atoms with Crippen LogP contribution in [-0.2, 0) is 11.3 Å². The monoisotopic (exact) mass is 378 g/mol. The van der Waals surface area contributed by atoms with Crippen LogP contribution < -0.4 is 10.6 Å². The molecular formula is C19H20Cl2N2O2. The molecule has 0 radical (unpaired) electrons. The fraction of sp³-hybridized carbons (Fsp3) is 0.263. The molecule has 132 valence electrons. The van der Waals surface area contributed by atoms with Gasteiger partial charge in [-0.05, 0) is 47.9 Å². The summed E-state index contributed by atoms with van der Waals surface area (Å²) in [6.07, 6.45) is 0. The molecule has 1 atom stereocenters. The third-order valence-corrected chi connectivity index (χ3v) is 4.23. The van der Waals surface area contributed by atoms with Crippen molar-refractivity contribution in [2.75, 3.05) is 0 Å². The fourth-order valence-electron chi connectivity index (χ4n) is 2.26. The molecular weight excluding hydrogens is 359 g/mol. The summed E-state index contributed by atoms with van der Waals surface area (Å²) in [5.41, 5.74) is 1.39. The average molecular weight is 379 g/mol. The van der Waals surface area contributed by atoms with Crippen molar-refractivity contribution in [1.82, 2.24) is 10.6 Å². The average Bonchev–Trinajstić information content (AvgIpc) is 2.59. The predicted molar refractivity (Wildman–Crippen MR) is 101 cm³/mol. The lowest BCUT2D eigenvalue weighted by molar-refractivity contribution is -0.124. The summed E-state index contributed by atoms with van der Waals surface area (Å²) in [6, 6.07) is 13.1. The molecule has 2 aromatic rings. The van der Waals surface area contributed by atoms with Crippen LogP contribution in [0.5, 0.6) is 0 Å². The van der Waals surface area contributed by atoms with E-state index < -0.39 is 6.04 Å². The predicted octanol–water partition coefficient (Wildman–Crippen LogP) is 4.06. The second-order valence-electron chi connectivity index (χ2n) is 6.05. The fourth-order valence-corrected chi connectivity index (χ4v) is 2.51. The van der Waals surface area contributed by atoms with Crippen LogP contribution in [0.2, 0.25) is 10.0 Å². The lowest BCUT2D eigenvalue weighted by atomic mass is 10.0. The van der Waals surface area contributed by atoms with E-state index in [9.17, 15) is 9.59 Å². The van der Waals surface area contributed by atoms with Gasteiger partial charge in [0.15, 0.2) is 0 Å². The minimum Gasteiger partial charge on any atom is -0.350 e. The number of nitrogens with one attached hydrogen (secondary N) is 2. The van der Waals surface area contributed by atoms with E-state index in [2.05, 4.69) is 10.6 Å². The maximum absolute atomic E-state index is 12.5.